The predicted molar refractivity (Wildman–Crippen MR) is 104 cm³/mol. The summed E-state index contributed by atoms with van der Waals surface area (Å²) >= 11 is 18.2. The lowest BCUT2D eigenvalue weighted by molar-refractivity contribution is -0.183. The number of hydrogen-bond acceptors (Lipinski definition) is 4. The van der Waals surface area contributed by atoms with Crippen LogP contribution < -0.4 is 0 Å². The SMILES string of the molecule is FC(F)(F)C1(c2cc(Cl)cc(Cl)c2)CN=C(c2ccc(-n3ncnn3)c(Cl)c2)C1. The zero-order valence-electron chi connectivity index (χ0n) is 14.5. The number of alkyl halides is 3. The Labute approximate surface area is 178 Å². The van der Waals surface area contributed by atoms with Gasteiger partial charge in [-0.1, -0.05) is 40.9 Å². The number of tetrazole rings is 1. The molecule has 29 heavy (non-hydrogen) atoms. The first-order valence-electron chi connectivity index (χ1n) is 8.29. The Morgan fingerprint density at radius 1 is 1.00 bits per heavy atom. The fourth-order valence-corrected chi connectivity index (χ4v) is 4.11. The Morgan fingerprint density at radius 3 is 2.31 bits per heavy atom. The van der Waals surface area contributed by atoms with Crippen LogP contribution in [0.4, 0.5) is 13.2 Å². The van der Waals surface area contributed by atoms with Crippen LogP contribution in [0.5, 0.6) is 0 Å². The summed E-state index contributed by atoms with van der Waals surface area (Å²) in [4.78, 5) is 5.42. The van der Waals surface area contributed by atoms with E-state index >= 15 is 0 Å². The molecule has 1 atom stereocenters. The lowest BCUT2D eigenvalue weighted by Gasteiger charge is -2.31. The molecule has 11 heteroatoms. The molecule has 2 heterocycles. The molecule has 4 rings (SSSR count). The van der Waals surface area contributed by atoms with Gasteiger partial charge in [0.05, 0.1) is 11.6 Å². The second kappa shape index (κ2) is 7.27. The first-order valence-corrected chi connectivity index (χ1v) is 9.43. The maximum absolute atomic E-state index is 14.2. The van der Waals surface area contributed by atoms with Crippen molar-refractivity contribution < 1.29 is 13.2 Å². The van der Waals surface area contributed by atoms with E-state index in [1.165, 1.54) is 35.4 Å². The van der Waals surface area contributed by atoms with Crippen LogP contribution in [-0.4, -0.2) is 38.6 Å². The summed E-state index contributed by atoms with van der Waals surface area (Å²) in [6.07, 6.45) is -3.66. The minimum Gasteiger partial charge on any atom is -0.288 e. The molecule has 150 valence electrons. The van der Waals surface area contributed by atoms with Crippen molar-refractivity contribution >= 4 is 40.5 Å². The van der Waals surface area contributed by atoms with Crippen molar-refractivity contribution in [2.75, 3.05) is 6.54 Å². The summed E-state index contributed by atoms with van der Waals surface area (Å²) in [6.45, 7) is -0.466. The lowest BCUT2D eigenvalue weighted by atomic mass is 9.76. The Balaban J connectivity index is 1.71. The molecule has 3 aromatic rings. The zero-order chi connectivity index (χ0) is 20.8. The van der Waals surface area contributed by atoms with E-state index in [2.05, 4.69) is 20.4 Å². The van der Waals surface area contributed by atoms with Gasteiger partial charge in [-0.15, -0.1) is 15.0 Å². The Kier molecular flexibility index (Phi) is 5.04. The number of benzene rings is 2. The molecule has 1 aromatic heterocycles. The van der Waals surface area contributed by atoms with Crippen LogP contribution in [0.1, 0.15) is 17.5 Å². The lowest BCUT2D eigenvalue weighted by Crippen LogP contribution is -2.43. The van der Waals surface area contributed by atoms with Gasteiger partial charge in [-0.2, -0.15) is 13.2 Å². The van der Waals surface area contributed by atoms with E-state index in [1.54, 1.807) is 12.1 Å². The Morgan fingerprint density at radius 2 is 1.72 bits per heavy atom. The molecule has 0 aliphatic carbocycles. The van der Waals surface area contributed by atoms with Crippen LogP contribution in [0.15, 0.2) is 47.7 Å². The van der Waals surface area contributed by atoms with Crippen LogP contribution in [0.25, 0.3) is 5.69 Å². The van der Waals surface area contributed by atoms with Crippen LogP contribution in [0.2, 0.25) is 15.1 Å². The van der Waals surface area contributed by atoms with Gasteiger partial charge in [-0.05, 0) is 46.7 Å². The molecule has 0 amide bonds. The van der Waals surface area contributed by atoms with E-state index in [1.807, 2.05) is 0 Å². The third-order valence-corrected chi connectivity index (χ3v) is 5.55. The molecule has 0 spiro atoms. The number of aliphatic imine (C=N–C) groups is 1. The van der Waals surface area contributed by atoms with Crippen molar-refractivity contribution in [3.63, 3.8) is 0 Å². The van der Waals surface area contributed by atoms with Crippen LogP contribution >= 0.6 is 34.8 Å². The van der Waals surface area contributed by atoms with Gasteiger partial charge in [0.25, 0.3) is 0 Å². The second-order valence-electron chi connectivity index (χ2n) is 6.57. The van der Waals surface area contributed by atoms with Crippen LogP contribution in [0, 0.1) is 0 Å². The van der Waals surface area contributed by atoms with Gasteiger partial charge in [0.2, 0.25) is 0 Å². The van der Waals surface area contributed by atoms with Crippen molar-refractivity contribution in [2.45, 2.75) is 18.0 Å². The van der Waals surface area contributed by atoms with Gasteiger partial charge < -0.3 is 0 Å². The molecule has 0 saturated heterocycles. The predicted octanol–water partition coefficient (Wildman–Crippen LogP) is 5.32. The van der Waals surface area contributed by atoms with Crippen molar-refractivity contribution in [1.29, 1.82) is 0 Å². The smallest absolute Gasteiger partial charge is 0.288 e. The highest BCUT2D eigenvalue weighted by atomic mass is 35.5. The maximum atomic E-state index is 14.2. The van der Waals surface area contributed by atoms with E-state index in [-0.39, 0.29) is 27.1 Å². The van der Waals surface area contributed by atoms with E-state index in [4.69, 9.17) is 34.8 Å². The molecule has 1 aliphatic rings. The highest BCUT2D eigenvalue weighted by Crippen LogP contribution is 2.48. The topological polar surface area (TPSA) is 56.0 Å². The van der Waals surface area contributed by atoms with Gasteiger partial charge in [0, 0.05) is 22.2 Å². The number of aromatic nitrogens is 4. The van der Waals surface area contributed by atoms with E-state index < -0.39 is 18.1 Å². The maximum Gasteiger partial charge on any atom is 0.400 e. The monoisotopic (exact) mass is 459 g/mol. The molecule has 0 N–H and O–H groups in total. The number of halogens is 6. The quantitative estimate of drug-likeness (QED) is 0.532. The molecular formula is C18H11Cl3F3N5. The Bertz CT molecular complexity index is 1080. The summed E-state index contributed by atoms with van der Waals surface area (Å²) in [5, 5.41) is 11.8. The largest absolute Gasteiger partial charge is 0.400 e. The van der Waals surface area contributed by atoms with E-state index in [0.29, 0.717) is 17.0 Å². The van der Waals surface area contributed by atoms with Crippen molar-refractivity contribution in [1.82, 2.24) is 20.2 Å². The molecule has 5 nitrogen and oxygen atoms in total. The normalized spacial score (nSPS) is 19.4. The fraction of sp³-hybridized carbons (Fsp3) is 0.222. The number of rotatable bonds is 3. The van der Waals surface area contributed by atoms with Crippen molar-refractivity contribution in [3.05, 3.63) is 68.9 Å². The number of nitrogens with zero attached hydrogens (tertiary/aromatic N) is 5. The minimum atomic E-state index is -4.55. The third kappa shape index (κ3) is 3.60. The summed E-state index contributed by atoms with van der Waals surface area (Å²) in [7, 11) is 0. The van der Waals surface area contributed by atoms with Crippen LogP contribution in [0.3, 0.4) is 0 Å². The van der Waals surface area contributed by atoms with E-state index in [0.717, 1.165) is 0 Å². The van der Waals surface area contributed by atoms with E-state index in [9.17, 15) is 13.2 Å². The van der Waals surface area contributed by atoms with Gasteiger partial charge in [-0.25, -0.2) is 0 Å². The molecule has 2 aromatic carbocycles. The molecule has 0 bridgehead atoms. The molecular weight excluding hydrogens is 450 g/mol. The average Bonchev–Trinajstić information content (AvgIpc) is 3.31. The second-order valence-corrected chi connectivity index (χ2v) is 7.85. The zero-order valence-corrected chi connectivity index (χ0v) is 16.7. The van der Waals surface area contributed by atoms with Gasteiger partial charge >= 0.3 is 6.18 Å². The van der Waals surface area contributed by atoms with Crippen molar-refractivity contribution in [3.8, 4) is 5.69 Å². The molecule has 0 saturated carbocycles. The molecule has 0 radical (unpaired) electrons. The highest BCUT2D eigenvalue weighted by molar-refractivity contribution is 6.34. The summed E-state index contributed by atoms with van der Waals surface area (Å²) < 4.78 is 42.5. The fourth-order valence-electron chi connectivity index (χ4n) is 3.32. The summed E-state index contributed by atoms with van der Waals surface area (Å²) in [6, 6.07) is 8.73. The van der Waals surface area contributed by atoms with Crippen LogP contribution in [-0.2, 0) is 5.41 Å². The highest BCUT2D eigenvalue weighted by Gasteiger charge is 2.58. The summed E-state index contributed by atoms with van der Waals surface area (Å²) in [5.74, 6) is 0. The number of hydrogen-bond donors (Lipinski definition) is 0. The molecule has 1 unspecified atom stereocenters. The Hall–Kier alpha value is -2.16. The first kappa shape index (κ1) is 20.1. The van der Waals surface area contributed by atoms with Gasteiger partial charge in [0.1, 0.15) is 11.1 Å². The first-order chi connectivity index (χ1) is 13.7. The molecule has 0 fully saturated rings. The standard InChI is InChI=1S/C18H11Cl3F3N5/c19-12-4-11(5-13(20)6-12)17(18(22,23)24)7-15(25-8-17)10-1-2-16(14(21)3-10)29-27-9-26-28-29/h1-6,9H,7-8H2. The van der Waals surface area contributed by atoms with Gasteiger partial charge in [-0.3, -0.25) is 4.99 Å². The molecule has 1 aliphatic heterocycles. The van der Waals surface area contributed by atoms with Crippen molar-refractivity contribution in [2.24, 2.45) is 4.99 Å². The van der Waals surface area contributed by atoms with Gasteiger partial charge in [0.15, 0.2) is 6.33 Å². The third-order valence-electron chi connectivity index (χ3n) is 4.81. The minimum absolute atomic E-state index is 0.0178. The summed E-state index contributed by atoms with van der Waals surface area (Å²) in [5.41, 5.74) is -1.00. The average molecular weight is 461 g/mol.